The van der Waals surface area contributed by atoms with Crippen LogP contribution in [0.1, 0.15) is 5.56 Å². The van der Waals surface area contributed by atoms with Crippen molar-refractivity contribution >= 4 is 34.0 Å². The third-order valence-corrected chi connectivity index (χ3v) is 5.18. The van der Waals surface area contributed by atoms with Gasteiger partial charge in [-0.25, -0.2) is 14.5 Å². The molecule has 0 saturated carbocycles. The number of nitrogens with zero attached hydrogens (tertiary/aromatic N) is 5. The second-order valence-electron chi connectivity index (χ2n) is 6.40. The fraction of sp³-hybridized carbons (Fsp3) is 0.0455. The predicted octanol–water partition coefficient (Wildman–Crippen LogP) is 5.23. The number of imidazole rings is 1. The van der Waals surface area contributed by atoms with E-state index in [1.807, 2.05) is 47.8 Å². The fourth-order valence-electron chi connectivity index (χ4n) is 3.15. The SMILES string of the molecule is c1ccc(COc2cccc(N(c3ccsc3)c3ncnn4cncc34)c2)cc1. The van der Waals surface area contributed by atoms with Gasteiger partial charge in [-0.15, -0.1) is 0 Å². The minimum Gasteiger partial charge on any atom is -0.489 e. The standard InChI is InChI=1S/C22H17N5OS/c1-2-5-17(6-3-1)13-28-20-8-4-7-18(11-20)27(19-9-10-29-14-19)22-21-12-23-16-26(21)25-15-24-22/h1-12,14-16H,13H2. The Hall–Kier alpha value is -3.71. The van der Waals surface area contributed by atoms with Crippen LogP contribution < -0.4 is 9.64 Å². The Morgan fingerprint density at radius 1 is 1.00 bits per heavy atom. The molecule has 0 bridgehead atoms. The number of hydrogen-bond donors (Lipinski definition) is 0. The summed E-state index contributed by atoms with van der Waals surface area (Å²) in [6, 6.07) is 20.2. The van der Waals surface area contributed by atoms with Gasteiger partial charge in [0.1, 0.15) is 30.5 Å². The number of aromatic nitrogens is 4. The zero-order chi connectivity index (χ0) is 19.5. The first-order chi connectivity index (χ1) is 14.4. The van der Waals surface area contributed by atoms with Gasteiger partial charge >= 0.3 is 0 Å². The molecule has 6 nitrogen and oxygen atoms in total. The molecule has 0 saturated heterocycles. The van der Waals surface area contributed by atoms with Gasteiger partial charge < -0.3 is 4.74 Å². The van der Waals surface area contributed by atoms with E-state index < -0.39 is 0 Å². The van der Waals surface area contributed by atoms with E-state index in [0.29, 0.717) is 6.61 Å². The number of hydrogen-bond acceptors (Lipinski definition) is 6. The van der Waals surface area contributed by atoms with E-state index >= 15 is 0 Å². The molecule has 0 fully saturated rings. The Bertz CT molecular complexity index is 1220. The number of ether oxygens (including phenoxy) is 1. The summed E-state index contributed by atoms with van der Waals surface area (Å²) in [6.45, 7) is 0.517. The molecule has 0 amide bonds. The lowest BCUT2D eigenvalue weighted by molar-refractivity contribution is 0.306. The van der Waals surface area contributed by atoms with Gasteiger partial charge in [-0.2, -0.15) is 16.4 Å². The summed E-state index contributed by atoms with van der Waals surface area (Å²) >= 11 is 1.64. The van der Waals surface area contributed by atoms with Crippen molar-refractivity contribution in [2.75, 3.05) is 4.90 Å². The topological polar surface area (TPSA) is 55.5 Å². The van der Waals surface area contributed by atoms with Crippen LogP contribution in [0.15, 0.2) is 90.3 Å². The number of fused-ring (bicyclic) bond motifs is 1. The molecule has 0 spiro atoms. The Morgan fingerprint density at radius 2 is 1.93 bits per heavy atom. The van der Waals surface area contributed by atoms with Crippen LogP contribution in [0.25, 0.3) is 5.52 Å². The third kappa shape index (κ3) is 3.55. The molecule has 142 valence electrons. The second kappa shape index (κ2) is 7.73. The van der Waals surface area contributed by atoms with Gasteiger partial charge in [0, 0.05) is 11.4 Å². The first-order valence-electron chi connectivity index (χ1n) is 9.11. The lowest BCUT2D eigenvalue weighted by atomic mass is 10.2. The lowest BCUT2D eigenvalue weighted by Crippen LogP contribution is -2.13. The highest BCUT2D eigenvalue weighted by atomic mass is 32.1. The summed E-state index contributed by atoms with van der Waals surface area (Å²) < 4.78 is 7.75. The fourth-order valence-corrected chi connectivity index (χ4v) is 3.77. The van der Waals surface area contributed by atoms with Crippen molar-refractivity contribution in [1.29, 1.82) is 0 Å². The molecular weight excluding hydrogens is 382 g/mol. The average Bonchev–Trinajstić information content (AvgIpc) is 3.46. The van der Waals surface area contributed by atoms with Crippen LogP contribution in [0.3, 0.4) is 0 Å². The molecule has 3 heterocycles. The van der Waals surface area contributed by atoms with Crippen LogP contribution in [0, 0.1) is 0 Å². The van der Waals surface area contributed by atoms with E-state index in [9.17, 15) is 0 Å². The predicted molar refractivity (Wildman–Crippen MR) is 114 cm³/mol. The molecule has 7 heteroatoms. The maximum Gasteiger partial charge on any atom is 0.167 e. The molecule has 0 atom stereocenters. The normalized spacial score (nSPS) is 10.9. The van der Waals surface area contributed by atoms with Gasteiger partial charge in [0.15, 0.2) is 5.82 Å². The zero-order valence-corrected chi connectivity index (χ0v) is 16.2. The molecule has 0 aliphatic carbocycles. The maximum absolute atomic E-state index is 6.03. The molecule has 29 heavy (non-hydrogen) atoms. The van der Waals surface area contributed by atoms with Gasteiger partial charge in [0.2, 0.25) is 0 Å². The minimum absolute atomic E-state index is 0.517. The van der Waals surface area contributed by atoms with Crippen molar-refractivity contribution in [3.63, 3.8) is 0 Å². The van der Waals surface area contributed by atoms with E-state index in [1.165, 1.54) is 0 Å². The molecule has 5 rings (SSSR count). The van der Waals surface area contributed by atoms with Gasteiger partial charge in [0.25, 0.3) is 0 Å². The van der Waals surface area contributed by atoms with Crippen molar-refractivity contribution in [1.82, 2.24) is 19.6 Å². The van der Waals surface area contributed by atoms with Crippen molar-refractivity contribution in [2.45, 2.75) is 6.61 Å². The molecule has 3 aromatic heterocycles. The molecule has 0 aliphatic rings. The Balaban J connectivity index is 1.53. The van der Waals surface area contributed by atoms with E-state index in [0.717, 1.165) is 34.0 Å². The van der Waals surface area contributed by atoms with E-state index in [4.69, 9.17) is 4.74 Å². The van der Waals surface area contributed by atoms with Crippen molar-refractivity contribution < 1.29 is 4.74 Å². The number of thiophene rings is 1. The van der Waals surface area contributed by atoms with Gasteiger partial charge in [-0.1, -0.05) is 36.4 Å². The highest BCUT2D eigenvalue weighted by molar-refractivity contribution is 7.08. The second-order valence-corrected chi connectivity index (χ2v) is 7.18. The smallest absolute Gasteiger partial charge is 0.167 e. The number of benzene rings is 2. The summed E-state index contributed by atoms with van der Waals surface area (Å²) in [7, 11) is 0. The summed E-state index contributed by atoms with van der Waals surface area (Å²) in [6.07, 6.45) is 4.98. The van der Waals surface area contributed by atoms with Crippen LogP contribution in [0.2, 0.25) is 0 Å². The Kier molecular flexibility index (Phi) is 4.63. The van der Waals surface area contributed by atoms with E-state index in [1.54, 1.807) is 34.7 Å². The molecule has 0 unspecified atom stereocenters. The van der Waals surface area contributed by atoms with Gasteiger partial charge in [-0.3, -0.25) is 4.90 Å². The molecule has 0 radical (unpaired) electrons. The van der Waals surface area contributed by atoms with E-state index in [2.05, 4.69) is 43.5 Å². The average molecular weight is 399 g/mol. The lowest BCUT2D eigenvalue weighted by Gasteiger charge is -2.23. The Morgan fingerprint density at radius 3 is 2.79 bits per heavy atom. The van der Waals surface area contributed by atoms with Crippen molar-refractivity contribution in [3.8, 4) is 5.75 Å². The number of anilines is 3. The van der Waals surface area contributed by atoms with Gasteiger partial charge in [0.05, 0.1) is 17.6 Å². The van der Waals surface area contributed by atoms with Crippen LogP contribution in [-0.2, 0) is 6.61 Å². The highest BCUT2D eigenvalue weighted by Crippen LogP contribution is 2.37. The van der Waals surface area contributed by atoms with Crippen LogP contribution in [0.5, 0.6) is 5.75 Å². The summed E-state index contributed by atoms with van der Waals surface area (Å²) in [5.41, 5.74) is 3.94. The van der Waals surface area contributed by atoms with Crippen LogP contribution >= 0.6 is 11.3 Å². The largest absolute Gasteiger partial charge is 0.489 e. The highest BCUT2D eigenvalue weighted by Gasteiger charge is 2.18. The maximum atomic E-state index is 6.03. The Labute approximate surface area is 171 Å². The summed E-state index contributed by atoms with van der Waals surface area (Å²) in [5.74, 6) is 1.56. The first-order valence-corrected chi connectivity index (χ1v) is 10.1. The molecule has 0 N–H and O–H groups in total. The van der Waals surface area contributed by atoms with Crippen LogP contribution in [0.4, 0.5) is 17.2 Å². The van der Waals surface area contributed by atoms with Gasteiger partial charge in [-0.05, 0) is 29.1 Å². The third-order valence-electron chi connectivity index (χ3n) is 4.51. The monoisotopic (exact) mass is 399 g/mol. The summed E-state index contributed by atoms with van der Waals surface area (Å²) in [5, 5.41) is 8.37. The molecule has 0 aliphatic heterocycles. The van der Waals surface area contributed by atoms with Crippen molar-refractivity contribution in [3.05, 3.63) is 95.8 Å². The summed E-state index contributed by atoms with van der Waals surface area (Å²) in [4.78, 5) is 10.9. The molecule has 2 aromatic carbocycles. The molecule has 5 aromatic rings. The van der Waals surface area contributed by atoms with E-state index in [-0.39, 0.29) is 0 Å². The zero-order valence-electron chi connectivity index (χ0n) is 15.4. The first kappa shape index (κ1) is 17.4. The minimum atomic E-state index is 0.517. The number of rotatable bonds is 6. The quantitative estimate of drug-likeness (QED) is 0.391. The molecular formula is C22H17N5OS. The van der Waals surface area contributed by atoms with Crippen molar-refractivity contribution in [2.24, 2.45) is 0 Å². The van der Waals surface area contributed by atoms with Crippen LogP contribution in [-0.4, -0.2) is 19.6 Å².